The molecule has 0 aromatic rings. The Morgan fingerprint density at radius 1 is 1.33 bits per heavy atom. The molecule has 0 radical (unpaired) electrons. The molecule has 5 nitrogen and oxygen atoms in total. The van der Waals surface area contributed by atoms with Crippen LogP contribution in [0.25, 0.3) is 0 Å². The summed E-state index contributed by atoms with van der Waals surface area (Å²) in [6.45, 7) is 3.33. The van der Waals surface area contributed by atoms with Gasteiger partial charge >= 0.3 is 0 Å². The molecule has 0 aromatic carbocycles. The fourth-order valence-electron chi connectivity index (χ4n) is 3.29. The average Bonchev–Trinajstić information content (AvgIpc) is 2.95. The summed E-state index contributed by atoms with van der Waals surface area (Å²) in [5.74, 6) is 0.695. The maximum Gasteiger partial charge on any atom is 0.227 e. The van der Waals surface area contributed by atoms with E-state index in [0.29, 0.717) is 24.9 Å². The Hall–Kier alpha value is -0.810. The van der Waals surface area contributed by atoms with Crippen molar-refractivity contribution >= 4 is 24.2 Å². The van der Waals surface area contributed by atoms with Crippen LogP contribution in [-0.4, -0.2) is 48.9 Å². The van der Waals surface area contributed by atoms with E-state index in [1.165, 1.54) is 6.42 Å². The van der Waals surface area contributed by atoms with E-state index in [2.05, 4.69) is 10.6 Å². The molecule has 0 spiro atoms. The topological polar surface area (TPSA) is 61.4 Å². The summed E-state index contributed by atoms with van der Waals surface area (Å²) in [6, 6.07) is 0.613. The fraction of sp³-hybridized carbons (Fsp3) is 0.833. The third-order valence-electron chi connectivity index (χ3n) is 4.29. The van der Waals surface area contributed by atoms with E-state index in [0.717, 1.165) is 26.1 Å². The number of carbonyl (C=O) groups excluding carboxylic acids is 2. The maximum atomic E-state index is 12.2. The van der Waals surface area contributed by atoms with Crippen molar-refractivity contribution in [3.8, 4) is 0 Å². The summed E-state index contributed by atoms with van der Waals surface area (Å²) < 4.78 is 0. The summed E-state index contributed by atoms with van der Waals surface area (Å²) in [5, 5.41) is 6.23. The number of amides is 2. The van der Waals surface area contributed by atoms with E-state index in [-0.39, 0.29) is 30.1 Å². The molecule has 3 aliphatic rings. The molecule has 0 saturated carbocycles. The first-order valence-corrected chi connectivity index (χ1v) is 6.53. The van der Waals surface area contributed by atoms with Crippen molar-refractivity contribution in [3.63, 3.8) is 0 Å². The standard InChI is InChI=1S/C12H19N3O2.ClH/c16-11-5-9(6-14-11)12(17)15-4-2-10-8(7-15)1-3-13-10;/h8-10,13H,1-7H2,(H,14,16);1H. The molecule has 3 heterocycles. The van der Waals surface area contributed by atoms with Gasteiger partial charge in [0.05, 0.1) is 5.92 Å². The summed E-state index contributed by atoms with van der Waals surface area (Å²) in [5.41, 5.74) is 0. The van der Waals surface area contributed by atoms with E-state index in [1.54, 1.807) is 0 Å². The number of carbonyl (C=O) groups is 2. The third-order valence-corrected chi connectivity index (χ3v) is 4.29. The molecule has 6 heteroatoms. The zero-order valence-electron chi connectivity index (χ0n) is 10.4. The second kappa shape index (κ2) is 5.45. The van der Waals surface area contributed by atoms with Gasteiger partial charge < -0.3 is 15.5 Å². The van der Waals surface area contributed by atoms with E-state index in [9.17, 15) is 9.59 Å². The van der Waals surface area contributed by atoms with Crippen molar-refractivity contribution in [2.45, 2.75) is 25.3 Å². The number of halogens is 1. The lowest BCUT2D eigenvalue weighted by Crippen LogP contribution is -2.48. The van der Waals surface area contributed by atoms with Crippen LogP contribution in [0.2, 0.25) is 0 Å². The van der Waals surface area contributed by atoms with Gasteiger partial charge in [0.1, 0.15) is 0 Å². The minimum Gasteiger partial charge on any atom is -0.355 e. The number of hydrogen-bond donors (Lipinski definition) is 2. The Morgan fingerprint density at radius 2 is 2.17 bits per heavy atom. The van der Waals surface area contributed by atoms with Gasteiger partial charge in [-0.2, -0.15) is 0 Å². The Balaban J connectivity index is 0.00000120. The monoisotopic (exact) mass is 273 g/mol. The predicted octanol–water partition coefficient (Wildman–Crippen LogP) is -0.245. The lowest BCUT2D eigenvalue weighted by molar-refractivity contribution is -0.137. The van der Waals surface area contributed by atoms with Crippen molar-refractivity contribution in [2.75, 3.05) is 26.2 Å². The van der Waals surface area contributed by atoms with E-state index in [4.69, 9.17) is 0 Å². The van der Waals surface area contributed by atoms with Gasteiger partial charge in [0, 0.05) is 32.1 Å². The predicted molar refractivity (Wildman–Crippen MR) is 69.5 cm³/mol. The van der Waals surface area contributed by atoms with Gasteiger partial charge in [-0.15, -0.1) is 12.4 Å². The minimum absolute atomic E-state index is 0. The highest BCUT2D eigenvalue weighted by atomic mass is 35.5. The number of fused-ring (bicyclic) bond motifs is 1. The smallest absolute Gasteiger partial charge is 0.227 e. The summed E-state index contributed by atoms with van der Waals surface area (Å²) >= 11 is 0. The van der Waals surface area contributed by atoms with Crippen molar-refractivity contribution < 1.29 is 9.59 Å². The van der Waals surface area contributed by atoms with Crippen LogP contribution in [0.4, 0.5) is 0 Å². The molecule has 3 fully saturated rings. The van der Waals surface area contributed by atoms with Crippen LogP contribution in [0, 0.1) is 11.8 Å². The van der Waals surface area contributed by atoms with Gasteiger partial charge in [0.2, 0.25) is 11.8 Å². The molecule has 102 valence electrons. The summed E-state index contributed by atoms with van der Waals surface area (Å²) in [6.07, 6.45) is 2.61. The number of rotatable bonds is 1. The molecule has 0 bridgehead atoms. The molecule has 3 rings (SSSR count). The number of nitrogens with one attached hydrogen (secondary N) is 2. The van der Waals surface area contributed by atoms with Gasteiger partial charge in [-0.05, 0) is 25.3 Å². The van der Waals surface area contributed by atoms with Crippen molar-refractivity contribution in [3.05, 3.63) is 0 Å². The van der Waals surface area contributed by atoms with Gasteiger partial charge in [-0.3, -0.25) is 9.59 Å². The molecule has 3 atom stereocenters. The van der Waals surface area contributed by atoms with Gasteiger partial charge in [-0.25, -0.2) is 0 Å². The molecular weight excluding hydrogens is 254 g/mol. The van der Waals surface area contributed by atoms with Crippen LogP contribution >= 0.6 is 12.4 Å². The number of hydrogen-bond acceptors (Lipinski definition) is 3. The first kappa shape index (κ1) is 13.6. The molecule has 3 saturated heterocycles. The average molecular weight is 274 g/mol. The maximum absolute atomic E-state index is 12.2. The molecular formula is C12H20ClN3O2. The fourth-order valence-corrected chi connectivity index (χ4v) is 3.29. The highest BCUT2D eigenvalue weighted by Gasteiger charge is 2.37. The van der Waals surface area contributed by atoms with E-state index in [1.807, 2.05) is 4.90 Å². The van der Waals surface area contributed by atoms with E-state index < -0.39 is 0 Å². The minimum atomic E-state index is -0.117. The first-order valence-electron chi connectivity index (χ1n) is 6.53. The van der Waals surface area contributed by atoms with Crippen LogP contribution < -0.4 is 10.6 Å². The largest absolute Gasteiger partial charge is 0.355 e. The Bertz CT molecular complexity index is 350. The Morgan fingerprint density at radius 3 is 2.89 bits per heavy atom. The highest BCUT2D eigenvalue weighted by molar-refractivity contribution is 5.89. The lowest BCUT2D eigenvalue weighted by Gasteiger charge is -2.36. The SMILES string of the molecule is Cl.O=C1CC(C(=O)N2CCC3NCCC3C2)CN1. The van der Waals surface area contributed by atoms with Gasteiger partial charge in [0.15, 0.2) is 0 Å². The van der Waals surface area contributed by atoms with Crippen molar-refractivity contribution in [1.82, 2.24) is 15.5 Å². The zero-order chi connectivity index (χ0) is 11.8. The molecule has 2 N–H and O–H groups in total. The quantitative estimate of drug-likeness (QED) is 0.693. The number of nitrogens with zero attached hydrogens (tertiary/aromatic N) is 1. The van der Waals surface area contributed by atoms with Crippen LogP contribution in [0.1, 0.15) is 19.3 Å². The van der Waals surface area contributed by atoms with Gasteiger partial charge in [0.25, 0.3) is 0 Å². The van der Waals surface area contributed by atoms with Crippen molar-refractivity contribution in [1.29, 1.82) is 0 Å². The first-order chi connectivity index (χ1) is 8.24. The molecule has 18 heavy (non-hydrogen) atoms. The number of likely N-dealkylation sites (tertiary alicyclic amines) is 1. The summed E-state index contributed by atoms with van der Waals surface area (Å²) in [7, 11) is 0. The lowest BCUT2D eigenvalue weighted by atomic mass is 9.92. The third kappa shape index (κ3) is 2.47. The normalized spacial score (nSPS) is 34.8. The van der Waals surface area contributed by atoms with Crippen LogP contribution in [0.5, 0.6) is 0 Å². The molecule has 3 unspecified atom stereocenters. The molecule has 0 aromatic heterocycles. The van der Waals surface area contributed by atoms with Crippen molar-refractivity contribution in [2.24, 2.45) is 11.8 Å². The zero-order valence-corrected chi connectivity index (χ0v) is 11.2. The number of piperidine rings is 1. The summed E-state index contributed by atoms with van der Waals surface area (Å²) in [4.78, 5) is 25.4. The molecule has 2 amide bonds. The highest BCUT2D eigenvalue weighted by Crippen LogP contribution is 2.26. The Labute approximate surface area is 113 Å². The second-order valence-corrected chi connectivity index (χ2v) is 5.39. The van der Waals surface area contributed by atoms with Crippen LogP contribution in [0.3, 0.4) is 0 Å². The van der Waals surface area contributed by atoms with Crippen LogP contribution in [0.15, 0.2) is 0 Å². The second-order valence-electron chi connectivity index (χ2n) is 5.39. The molecule has 3 aliphatic heterocycles. The van der Waals surface area contributed by atoms with Crippen LogP contribution in [-0.2, 0) is 9.59 Å². The Kier molecular flexibility index (Phi) is 4.12. The van der Waals surface area contributed by atoms with Gasteiger partial charge in [-0.1, -0.05) is 0 Å². The van der Waals surface area contributed by atoms with E-state index >= 15 is 0 Å². The molecule has 0 aliphatic carbocycles.